The molecule has 6 nitrogen and oxygen atoms in total. The Labute approximate surface area is 118 Å². The van der Waals surface area contributed by atoms with Crippen molar-refractivity contribution in [2.45, 2.75) is 26.3 Å². The number of aryl methyl sites for hydroxylation is 1. The third kappa shape index (κ3) is 3.40. The van der Waals surface area contributed by atoms with Gasteiger partial charge in [-0.1, -0.05) is 13.8 Å². The molecule has 0 spiro atoms. The Kier molecular flexibility index (Phi) is 4.45. The summed E-state index contributed by atoms with van der Waals surface area (Å²) in [5.41, 5.74) is 0.593. The zero-order chi connectivity index (χ0) is 14.5. The molecule has 1 atom stereocenters. The van der Waals surface area contributed by atoms with Crippen LogP contribution in [0.25, 0.3) is 0 Å². The average molecular weight is 273 g/mol. The van der Waals surface area contributed by atoms with Crippen molar-refractivity contribution < 1.29 is 4.79 Å². The Morgan fingerprint density at radius 1 is 1.35 bits per heavy atom. The van der Waals surface area contributed by atoms with Gasteiger partial charge < -0.3 is 5.32 Å². The molecule has 106 valence electrons. The minimum absolute atomic E-state index is 0.124. The van der Waals surface area contributed by atoms with Gasteiger partial charge in [0, 0.05) is 25.0 Å². The first-order valence-corrected chi connectivity index (χ1v) is 6.62. The fourth-order valence-electron chi connectivity index (χ4n) is 2.07. The monoisotopic (exact) mass is 273 g/mol. The van der Waals surface area contributed by atoms with Crippen LogP contribution in [0, 0.1) is 5.92 Å². The molecule has 2 aromatic heterocycles. The number of nitrogens with zero attached hydrogens (tertiary/aromatic N) is 4. The standard InChI is InChI=1S/C14H19N5O/c1-10(2)8-12(13-16-9-17-19(13)3)18-14(20)11-4-6-15-7-5-11/h4-7,9-10,12H,8H2,1-3H3,(H,18,20). The van der Waals surface area contributed by atoms with E-state index in [9.17, 15) is 4.79 Å². The zero-order valence-electron chi connectivity index (χ0n) is 11.9. The maximum atomic E-state index is 12.2. The van der Waals surface area contributed by atoms with E-state index in [1.54, 1.807) is 29.2 Å². The molecule has 0 radical (unpaired) electrons. The first kappa shape index (κ1) is 14.2. The number of carbonyl (C=O) groups is 1. The van der Waals surface area contributed by atoms with E-state index in [2.05, 4.69) is 34.2 Å². The lowest BCUT2D eigenvalue weighted by Crippen LogP contribution is -2.31. The summed E-state index contributed by atoms with van der Waals surface area (Å²) in [4.78, 5) is 20.4. The molecule has 0 saturated carbocycles. The highest BCUT2D eigenvalue weighted by Crippen LogP contribution is 2.19. The van der Waals surface area contributed by atoms with Crippen LogP contribution in [-0.4, -0.2) is 25.7 Å². The van der Waals surface area contributed by atoms with Crippen LogP contribution in [-0.2, 0) is 7.05 Å². The van der Waals surface area contributed by atoms with Gasteiger partial charge in [0.2, 0.25) is 0 Å². The van der Waals surface area contributed by atoms with Crippen molar-refractivity contribution in [2.75, 3.05) is 0 Å². The van der Waals surface area contributed by atoms with Crippen molar-refractivity contribution in [2.24, 2.45) is 13.0 Å². The van der Waals surface area contributed by atoms with E-state index >= 15 is 0 Å². The fourth-order valence-corrected chi connectivity index (χ4v) is 2.07. The van der Waals surface area contributed by atoms with Crippen molar-refractivity contribution in [1.82, 2.24) is 25.1 Å². The molecule has 1 N–H and O–H groups in total. The molecule has 0 aliphatic heterocycles. The Hall–Kier alpha value is -2.24. The highest BCUT2D eigenvalue weighted by atomic mass is 16.1. The second-order valence-corrected chi connectivity index (χ2v) is 5.13. The van der Waals surface area contributed by atoms with E-state index in [-0.39, 0.29) is 11.9 Å². The Morgan fingerprint density at radius 3 is 2.60 bits per heavy atom. The maximum absolute atomic E-state index is 12.2. The van der Waals surface area contributed by atoms with Crippen molar-refractivity contribution >= 4 is 5.91 Å². The van der Waals surface area contributed by atoms with Gasteiger partial charge in [-0.15, -0.1) is 0 Å². The predicted octanol–water partition coefficient (Wildman–Crippen LogP) is 1.73. The van der Waals surface area contributed by atoms with Crippen LogP contribution in [0.15, 0.2) is 30.9 Å². The molecule has 0 fully saturated rings. The number of aromatic nitrogens is 4. The number of pyridine rings is 1. The normalized spacial score (nSPS) is 12.4. The van der Waals surface area contributed by atoms with Gasteiger partial charge in [0.1, 0.15) is 12.2 Å². The van der Waals surface area contributed by atoms with Gasteiger partial charge in [-0.25, -0.2) is 4.98 Å². The van der Waals surface area contributed by atoms with Crippen molar-refractivity contribution in [3.8, 4) is 0 Å². The summed E-state index contributed by atoms with van der Waals surface area (Å²) in [6, 6.07) is 3.24. The van der Waals surface area contributed by atoms with Crippen LogP contribution in [0.3, 0.4) is 0 Å². The molecule has 0 bridgehead atoms. The van der Waals surface area contributed by atoms with E-state index in [0.29, 0.717) is 11.5 Å². The predicted molar refractivity (Wildman–Crippen MR) is 74.9 cm³/mol. The molecule has 1 amide bonds. The van der Waals surface area contributed by atoms with Gasteiger partial charge in [-0.05, 0) is 24.5 Å². The summed E-state index contributed by atoms with van der Waals surface area (Å²) >= 11 is 0. The third-order valence-corrected chi connectivity index (χ3v) is 3.01. The molecule has 20 heavy (non-hydrogen) atoms. The first-order chi connectivity index (χ1) is 9.58. The van der Waals surface area contributed by atoms with Gasteiger partial charge in [0.25, 0.3) is 5.91 Å². The van der Waals surface area contributed by atoms with E-state index < -0.39 is 0 Å². The van der Waals surface area contributed by atoms with E-state index in [1.807, 2.05) is 7.05 Å². The maximum Gasteiger partial charge on any atom is 0.251 e. The molecule has 2 rings (SSSR count). The van der Waals surface area contributed by atoms with Crippen LogP contribution in [0.2, 0.25) is 0 Å². The third-order valence-electron chi connectivity index (χ3n) is 3.01. The van der Waals surface area contributed by atoms with Gasteiger partial charge in [-0.2, -0.15) is 5.10 Å². The molecule has 0 aromatic carbocycles. The van der Waals surface area contributed by atoms with Crippen LogP contribution in [0.1, 0.15) is 42.5 Å². The van der Waals surface area contributed by atoms with Crippen molar-refractivity contribution in [3.63, 3.8) is 0 Å². The lowest BCUT2D eigenvalue weighted by Gasteiger charge is -2.19. The second-order valence-electron chi connectivity index (χ2n) is 5.13. The number of hydrogen-bond donors (Lipinski definition) is 1. The van der Waals surface area contributed by atoms with Gasteiger partial charge >= 0.3 is 0 Å². The molecular weight excluding hydrogens is 254 g/mol. The molecule has 1 unspecified atom stereocenters. The number of carbonyl (C=O) groups excluding carboxylic acids is 1. The second kappa shape index (κ2) is 6.27. The number of nitrogens with one attached hydrogen (secondary N) is 1. The summed E-state index contributed by atoms with van der Waals surface area (Å²) in [5, 5.41) is 7.09. The lowest BCUT2D eigenvalue weighted by molar-refractivity contribution is 0.0929. The molecule has 0 saturated heterocycles. The summed E-state index contributed by atoms with van der Waals surface area (Å²) in [6.07, 6.45) is 5.52. The Morgan fingerprint density at radius 2 is 2.05 bits per heavy atom. The summed E-state index contributed by atoms with van der Waals surface area (Å²) < 4.78 is 1.69. The molecule has 2 heterocycles. The lowest BCUT2D eigenvalue weighted by atomic mass is 10.0. The number of hydrogen-bond acceptors (Lipinski definition) is 4. The van der Waals surface area contributed by atoms with Crippen molar-refractivity contribution in [3.05, 3.63) is 42.2 Å². The Bertz CT molecular complexity index is 564. The van der Waals surface area contributed by atoms with E-state index in [4.69, 9.17) is 0 Å². The molecular formula is C14H19N5O. The van der Waals surface area contributed by atoms with Gasteiger partial charge in [0.15, 0.2) is 0 Å². The quantitative estimate of drug-likeness (QED) is 0.900. The van der Waals surface area contributed by atoms with E-state index in [1.165, 1.54) is 6.33 Å². The Balaban J connectivity index is 2.17. The summed E-state index contributed by atoms with van der Waals surface area (Å²) in [7, 11) is 1.83. The average Bonchev–Trinajstić information content (AvgIpc) is 2.84. The van der Waals surface area contributed by atoms with Crippen molar-refractivity contribution in [1.29, 1.82) is 0 Å². The smallest absolute Gasteiger partial charge is 0.251 e. The highest BCUT2D eigenvalue weighted by Gasteiger charge is 2.21. The van der Waals surface area contributed by atoms with Crippen LogP contribution in [0.4, 0.5) is 0 Å². The SMILES string of the molecule is CC(C)CC(NC(=O)c1ccncc1)c1ncnn1C. The highest BCUT2D eigenvalue weighted by molar-refractivity contribution is 5.94. The minimum atomic E-state index is -0.150. The number of rotatable bonds is 5. The topological polar surface area (TPSA) is 72.7 Å². The molecule has 0 aliphatic carbocycles. The van der Waals surface area contributed by atoms with E-state index in [0.717, 1.165) is 12.2 Å². The summed E-state index contributed by atoms with van der Waals surface area (Å²) in [5.74, 6) is 1.08. The molecule has 6 heteroatoms. The molecule has 0 aliphatic rings. The van der Waals surface area contributed by atoms with Gasteiger partial charge in [0.05, 0.1) is 6.04 Å². The minimum Gasteiger partial charge on any atom is -0.342 e. The largest absolute Gasteiger partial charge is 0.342 e. The van der Waals surface area contributed by atoms with Crippen LogP contribution >= 0.6 is 0 Å². The molecule has 2 aromatic rings. The fraction of sp³-hybridized carbons (Fsp3) is 0.429. The summed E-state index contributed by atoms with van der Waals surface area (Å²) in [6.45, 7) is 4.23. The van der Waals surface area contributed by atoms with Crippen LogP contribution in [0.5, 0.6) is 0 Å². The number of amides is 1. The van der Waals surface area contributed by atoms with Gasteiger partial charge in [-0.3, -0.25) is 14.5 Å². The first-order valence-electron chi connectivity index (χ1n) is 6.62. The van der Waals surface area contributed by atoms with Crippen LogP contribution < -0.4 is 5.32 Å². The zero-order valence-corrected chi connectivity index (χ0v) is 11.9.